The Morgan fingerprint density at radius 1 is 0.932 bits per heavy atom. The van der Waals surface area contributed by atoms with E-state index in [0.717, 1.165) is 11.1 Å². The molecule has 0 radical (unpaired) electrons. The summed E-state index contributed by atoms with van der Waals surface area (Å²) in [5.74, 6) is -0.464. The van der Waals surface area contributed by atoms with Gasteiger partial charge in [-0.2, -0.15) is 0 Å². The summed E-state index contributed by atoms with van der Waals surface area (Å²) in [4.78, 5) is 39.6. The minimum absolute atomic E-state index is 0.00365. The predicted molar refractivity (Wildman–Crippen MR) is 165 cm³/mol. The van der Waals surface area contributed by atoms with Gasteiger partial charge in [0.2, 0.25) is 18.6 Å². The number of benzene rings is 2. The zero-order valence-electron chi connectivity index (χ0n) is 26.6. The number of aliphatic hydroxyl groups is 1. The van der Waals surface area contributed by atoms with Crippen molar-refractivity contribution < 1.29 is 38.4 Å². The van der Waals surface area contributed by atoms with E-state index >= 15 is 0 Å². The predicted octanol–water partition coefficient (Wildman–Crippen LogP) is 3.36. The molecule has 0 bridgehead atoms. The summed E-state index contributed by atoms with van der Waals surface area (Å²) in [6.07, 6.45) is -1.22. The van der Waals surface area contributed by atoms with Crippen LogP contribution in [-0.4, -0.2) is 73.9 Å². The van der Waals surface area contributed by atoms with Crippen LogP contribution in [0.1, 0.15) is 52.2 Å². The largest absolute Gasteiger partial charge is 0.454 e. The normalized spacial score (nSPS) is 15.2. The van der Waals surface area contributed by atoms with Crippen molar-refractivity contribution in [3.8, 4) is 11.5 Å². The molecular formula is C33H47N3O8. The number of hydrogen-bond donors (Lipinski definition) is 4. The third-order valence-electron chi connectivity index (χ3n) is 7.13. The molecule has 11 heteroatoms. The lowest BCUT2D eigenvalue weighted by Gasteiger charge is -2.30. The summed E-state index contributed by atoms with van der Waals surface area (Å²) in [7, 11) is 1.54. The summed E-state index contributed by atoms with van der Waals surface area (Å²) in [5, 5.41) is 20.1. The Morgan fingerprint density at radius 2 is 1.64 bits per heavy atom. The molecular weight excluding hydrogens is 566 g/mol. The Morgan fingerprint density at radius 3 is 2.30 bits per heavy atom. The van der Waals surface area contributed by atoms with Gasteiger partial charge in [-0.15, -0.1) is 0 Å². The number of aliphatic hydroxyl groups excluding tert-OH is 1. The van der Waals surface area contributed by atoms with E-state index in [1.54, 1.807) is 33.9 Å². The number of carbonyl (C=O) groups excluding carboxylic acids is 3. The Kier molecular flexibility index (Phi) is 12.8. The van der Waals surface area contributed by atoms with Crippen LogP contribution < -0.4 is 25.4 Å². The summed E-state index contributed by atoms with van der Waals surface area (Å²) in [6, 6.07) is 13.4. The molecule has 4 atom stereocenters. The quantitative estimate of drug-likeness (QED) is 0.224. The molecule has 44 heavy (non-hydrogen) atoms. The molecule has 1 aliphatic rings. The van der Waals surface area contributed by atoms with E-state index in [1.807, 2.05) is 56.3 Å². The maximum absolute atomic E-state index is 13.9. The van der Waals surface area contributed by atoms with Gasteiger partial charge in [-0.05, 0) is 69.2 Å². The van der Waals surface area contributed by atoms with Crippen molar-refractivity contribution >= 4 is 17.9 Å². The SMILES string of the molecule is COCCNC(=O)[C@@H](NC(=O)[C@H](Cc1ccc2c(c1)OCO2)C[C@H](O)[C@H](Cc1ccccc1)NC(=O)OC(C)(C)C)C(C)C. The van der Waals surface area contributed by atoms with Gasteiger partial charge in [0, 0.05) is 19.6 Å². The van der Waals surface area contributed by atoms with Crippen LogP contribution in [0.2, 0.25) is 0 Å². The second-order valence-corrected chi connectivity index (χ2v) is 12.3. The lowest BCUT2D eigenvalue weighted by molar-refractivity contribution is -0.132. The Labute approximate surface area is 260 Å². The van der Waals surface area contributed by atoms with Gasteiger partial charge in [0.1, 0.15) is 11.6 Å². The molecule has 4 N–H and O–H groups in total. The average Bonchev–Trinajstić information content (AvgIpc) is 3.42. The van der Waals surface area contributed by atoms with E-state index in [2.05, 4.69) is 16.0 Å². The maximum Gasteiger partial charge on any atom is 0.407 e. The highest BCUT2D eigenvalue weighted by Gasteiger charge is 2.33. The Bertz CT molecular complexity index is 1230. The Hall–Kier alpha value is -3.83. The number of carbonyl (C=O) groups is 3. The molecule has 0 unspecified atom stereocenters. The number of rotatable bonds is 15. The minimum Gasteiger partial charge on any atom is -0.454 e. The van der Waals surface area contributed by atoms with Crippen molar-refractivity contribution in [2.75, 3.05) is 27.1 Å². The molecule has 242 valence electrons. The number of fused-ring (bicyclic) bond motifs is 1. The first-order valence-corrected chi connectivity index (χ1v) is 15.0. The van der Waals surface area contributed by atoms with Crippen molar-refractivity contribution in [1.82, 2.24) is 16.0 Å². The van der Waals surface area contributed by atoms with Crippen molar-refractivity contribution in [1.29, 1.82) is 0 Å². The molecule has 0 fully saturated rings. The van der Waals surface area contributed by atoms with Crippen molar-refractivity contribution in [3.05, 3.63) is 59.7 Å². The van der Waals surface area contributed by atoms with Crippen LogP contribution in [0.15, 0.2) is 48.5 Å². The summed E-state index contributed by atoms with van der Waals surface area (Å²) >= 11 is 0. The van der Waals surface area contributed by atoms with Crippen LogP contribution in [0.4, 0.5) is 4.79 Å². The second kappa shape index (κ2) is 16.3. The van der Waals surface area contributed by atoms with Gasteiger partial charge in [0.15, 0.2) is 11.5 Å². The van der Waals surface area contributed by atoms with Crippen LogP contribution in [-0.2, 0) is 31.9 Å². The number of methoxy groups -OCH3 is 1. The van der Waals surface area contributed by atoms with Crippen LogP contribution in [0.25, 0.3) is 0 Å². The third-order valence-corrected chi connectivity index (χ3v) is 7.13. The number of alkyl carbamates (subject to hydrolysis) is 1. The highest BCUT2D eigenvalue weighted by atomic mass is 16.7. The lowest BCUT2D eigenvalue weighted by atomic mass is 9.88. The van der Waals surface area contributed by atoms with Gasteiger partial charge in [0.25, 0.3) is 0 Å². The highest BCUT2D eigenvalue weighted by molar-refractivity contribution is 5.88. The van der Waals surface area contributed by atoms with Crippen LogP contribution in [0.3, 0.4) is 0 Å². The van der Waals surface area contributed by atoms with Gasteiger partial charge in [-0.1, -0.05) is 50.2 Å². The second-order valence-electron chi connectivity index (χ2n) is 12.3. The monoisotopic (exact) mass is 613 g/mol. The molecule has 11 nitrogen and oxygen atoms in total. The van der Waals surface area contributed by atoms with E-state index < -0.39 is 41.7 Å². The molecule has 2 aromatic carbocycles. The molecule has 3 amide bonds. The standard InChI is InChI=1S/C33H47N3O8/c1-21(2)29(31(39)34-14-15-41-6)36-30(38)24(16-23-12-13-27-28(18-23)43-20-42-27)19-26(37)25(17-22-10-8-7-9-11-22)35-32(40)44-33(3,4)5/h7-13,18,21,24-26,29,37H,14-17,19-20H2,1-6H3,(H,34,39)(H,35,40)(H,36,38)/t24-,25+,26+,29+/m1/s1. The van der Waals surface area contributed by atoms with Crippen molar-refractivity contribution in [2.45, 2.75) is 77.7 Å². The van der Waals surface area contributed by atoms with E-state index in [4.69, 9.17) is 18.9 Å². The zero-order valence-corrected chi connectivity index (χ0v) is 26.6. The first-order valence-electron chi connectivity index (χ1n) is 15.0. The molecule has 2 aromatic rings. The summed E-state index contributed by atoms with van der Waals surface area (Å²) in [5.41, 5.74) is 0.966. The highest BCUT2D eigenvalue weighted by Crippen LogP contribution is 2.33. The van der Waals surface area contributed by atoms with E-state index in [1.165, 1.54) is 0 Å². The van der Waals surface area contributed by atoms with Crippen LogP contribution >= 0.6 is 0 Å². The molecule has 0 aliphatic carbocycles. The smallest absolute Gasteiger partial charge is 0.407 e. The fourth-order valence-electron chi connectivity index (χ4n) is 4.89. The molecule has 0 aromatic heterocycles. The fourth-order valence-corrected chi connectivity index (χ4v) is 4.89. The number of amides is 3. The van der Waals surface area contributed by atoms with Crippen molar-refractivity contribution in [2.24, 2.45) is 11.8 Å². The van der Waals surface area contributed by atoms with Gasteiger partial charge in [-0.25, -0.2) is 4.79 Å². The summed E-state index contributed by atoms with van der Waals surface area (Å²) < 4.78 is 21.5. The molecule has 1 aliphatic heterocycles. The van der Waals surface area contributed by atoms with Gasteiger partial charge < -0.3 is 40.0 Å². The molecule has 1 heterocycles. The van der Waals surface area contributed by atoms with E-state index in [9.17, 15) is 19.5 Å². The zero-order chi connectivity index (χ0) is 32.3. The topological polar surface area (TPSA) is 144 Å². The minimum atomic E-state index is -1.12. The van der Waals surface area contributed by atoms with Gasteiger partial charge in [-0.3, -0.25) is 9.59 Å². The van der Waals surface area contributed by atoms with E-state index in [-0.39, 0.29) is 31.5 Å². The summed E-state index contributed by atoms with van der Waals surface area (Å²) in [6.45, 7) is 9.76. The van der Waals surface area contributed by atoms with Crippen LogP contribution in [0.5, 0.6) is 11.5 Å². The number of nitrogens with one attached hydrogen (secondary N) is 3. The van der Waals surface area contributed by atoms with E-state index in [0.29, 0.717) is 31.1 Å². The number of hydrogen-bond acceptors (Lipinski definition) is 8. The average molecular weight is 614 g/mol. The first-order chi connectivity index (χ1) is 20.9. The molecule has 0 spiro atoms. The Balaban J connectivity index is 1.85. The van der Waals surface area contributed by atoms with Gasteiger partial charge >= 0.3 is 6.09 Å². The molecule has 0 saturated carbocycles. The molecule has 3 rings (SSSR count). The lowest BCUT2D eigenvalue weighted by Crippen LogP contribution is -2.53. The maximum atomic E-state index is 13.9. The number of ether oxygens (including phenoxy) is 4. The third kappa shape index (κ3) is 11.0. The van der Waals surface area contributed by atoms with Gasteiger partial charge in [0.05, 0.1) is 18.8 Å². The van der Waals surface area contributed by atoms with Crippen molar-refractivity contribution in [3.63, 3.8) is 0 Å². The van der Waals surface area contributed by atoms with Crippen LogP contribution in [0, 0.1) is 11.8 Å². The fraction of sp³-hybridized carbons (Fsp3) is 0.545. The molecule has 0 saturated heterocycles. The first kappa shape index (κ1) is 34.7.